The van der Waals surface area contributed by atoms with Crippen LogP contribution in [-0.2, 0) is 0 Å². The van der Waals surface area contributed by atoms with E-state index < -0.39 is 0 Å². The van der Waals surface area contributed by atoms with E-state index in [-0.39, 0.29) is 11.6 Å². The number of pyridine rings is 1. The molecule has 1 unspecified atom stereocenters. The summed E-state index contributed by atoms with van der Waals surface area (Å²) in [5.74, 6) is 0.594. The van der Waals surface area contributed by atoms with Crippen LogP contribution in [0.4, 0.5) is 5.82 Å². The molecule has 0 spiro atoms. The molecule has 0 fully saturated rings. The van der Waals surface area contributed by atoms with Crippen molar-refractivity contribution in [3.8, 4) is 28.9 Å². The lowest BCUT2D eigenvalue weighted by atomic mass is 9.98. The van der Waals surface area contributed by atoms with Crippen molar-refractivity contribution in [2.75, 3.05) is 11.9 Å². The van der Waals surface area contributed by atoms with E-state index in [1.165, 1.54) is 6.33 Å². The lowest BCUT2D eigenvalue weighted by molar-refractivity contribution is 0.312. The third kappa shape index (κ3) is 4.90. The minimum absolute atomic E-state index is 0.155. The molecule has 3 aromatic carbocycles. The molecular formula is C33H27N7O2. The number of rotatable bonds is 8. The summed E-state index contributed by atoms with van der Waals surface area (Å²) in [7, 11) is 0. The predicted molar refractivity (Wildman–Crippen MR) is 163 cm³/mol. The Kier molecular flexibility index (Phi) is 7.26. The molecule has 6 rings (SSSR count). The fourth-order valence-corrected chi connectivity index (χ4v) is 5.17. The van der Waals surface area contributed by atoms with E-state index >= 15 is 0 Å². The third-order valence-electron chi connectivity index (χ3n) is 7.14. The maximum Gasteiger partial charge on any atom is 0.316 e. The Morgan fingerprint density at radius 3 is 2.50 bits per heavy atom. The van der Waals surface area contributed by atoms with Crippen LogP contribution in [0.5, 0.6) is 6.01 Å². The molecule has 0 saturated heterocycles. The molecule has 0 aliphatic carbocycles. The third-order valence-corrected chi connectivity index (χ3v) is 7.14. The van der Waals surface area contributed by atoms with Gasteiger partial charge in [0.15, 0.2) is 0 Å². The van der Waals surface area contributed by atoms with Gasteiger partial charge in [-0.15, -0.1) is 0 Å². The number of benzene rings is 3. The number of aromatic nitrogens is 5. The number of nitrogens with one attached hydrogen (secondary N) is 1. The maximum atomic E-state index is 14.5. The zero-order valence-corrected chi connectivity index (χ0v) is 23.2. The number of nitriles is 1. The van der Waals surface area contributed by atoms with Crippen LogP contribution in [-0.4, -0.2) is 31.1 Å². The lowest BCUT2D eigenvalue weighted by Crippen LogP contribution is -2.27. The summed E-state index contributed by atoms with van der Waals surface area (Å²) >= 11 is 0. The monoisotopic (exact) mass is 553 g/mol. The second-order valence-corrected chi connectivity index (χ2v) is 9.67. The van der Waals surface area contributed by atoms with Crippen molar-refractivity contribution in [3.05, 3.63) is 113 Å². The second-order valence-electron chi connectivity index (χ2n) is 9.67. The molecule has 0 radical (unpaired) electrons. The van der Waals surface area contributed by atoms with Crippen LogP contribution in [0.3, 0.4) is 0 Å². The van der Waals surface area contributed by atoms with E-state index in [4.69, 9.17) is 4.74 Å². The van der Waals surface area contributed by atoms with Gasteiger partial charge in [-0.3, -0.25) is 9.36 Å². The highest BCUT2D eigenvalue weighted by Crippen LogP contribution is 2.32. The van der Waals surface area contributed by atoms with Gasteiger partial charge in [0.1, 0.15) is 12.1 Å². The Morgan fingerprint density at radius 2 is 1.76 bits per heavy atom. The number of hydrogen-bond donors (Lipinski definition) is 1. The molecule has 3 aromatic heterocycles. The van der Waals surface area contributed by atoms with Gasteiger partial charge in [0.05, 0.1) is 35.2 Å². The molecule has 6 aromatic rings. The number of nitrogens with zero attached hydrogens (tertiary/aromatic N) is 6. The molecule has 1 N–H and O–H groups in total. The first kappa shape index (κ1) is 26.6. The normalized spacial score (nSPS) is 11.7. The highest BCUT2D eigenvalue weighted by molar-refractivity contribution is 5.96. The van der Waals surface area contributed by atoms with Crippen LogP contribution in [0.1, 0.15) is 37.6 Å². The van der Waals surface area contributed by atoms with Crippen molar-refractivity contribution in [1.82, 2.24) is 24.5 Å². The first-order valence-corrected chi connectivity index (χ1v) is 13.7. The van der Waals surface area contributed by atoms with Crippen molar-refractivity contribution in [1.29, 1.82) is 5.26 Å². The smallest absolute Gasteiger partial charge is 0.316 e. The molecule has 0 aliphatic heterocycles. The molecule has 3 heterocycles. The van der Waals surface area contributed by atoms with Gasteiger partial charge in [0.2, 0.25) is 0 Å². The first-order valence-electron chi connectivity index (χ1n) is 13.7. The fourth-order valence-electron chi connectivity index (χ4n) is 5.17. The molecule has 1 atom stereocenters. The molecule has 0 amide bonds. The summed E-state index contributed by atoms with van der Waals surface area (Å²) < 4.78 is 7.16. The molecule has 9 nitrogen and oxygen atoms in total. The summed E-state index contributed by atoms with van der Waals surface area (Å²) in [6.07, 6.45) is 5.52. The van der Waals surface area contributed by atoms with Crippen molar-refractivity contribution in [2.45, 2.75) is 26.3 Å². The summed E-state index contributed by atoms with van der Waals surface area (Å²) in [5, 5.41) is 15.1. The highest BCUT2D eigenvalue weighted by atomic mass is 16.5. The van der Waals surface area contributed by atoms with Gasteiger partial charge in [0.25, 0.3) is 5.56 Å². The van der Waals surface area contributed by atoms with Crippen LogP contribution in [0.25, 0.3) is 38.5 Å². The summed E-state index contributed by atoms with van der Waals surface area (Å²) in [6, 6.07) is 24.9. The molecule has 0 aliphatic rings. The van der Waals surface area contributed by atoms with Gasteiger partial charge in [0, 0.05) is 34.7 Å². The lowest BCUT2D eigenvalue weighted by Gasteiger charge is -2.24. The standard InChI is InChI=1S/C33H27N7O2/c1-3-27(39-31-26-15-21(17-34)13-14-28(26)37-20-38-31)29-16-22-9-8-12-25(23-18-35-33(36-19-23)42-4-2)30(22)32(41)40(29)24-10-6-5-7-11-24/h5-16,18-20,27H,3-4H2,1-2H3,(H,37,38,39). The van der Waals surface area contributed by atoms with E-state index in [1.807, 2.05) is 67.6 Å². The van der Waals surface area contributed by atoms with Crippen LogP contribution in [0, 0.1) is 11.3 Å². The Hall–Kier alpha value is -5.62. The Balaban J connectivity index is 1.55. The average molecular weight is 554 g/mol. The van der Waals surface area contributed by atoms with Crippen molar-refractivity contribution in [2.24, 2.45) is 0 Å². The number of hydrogen-bond acceptors (Lipinski definition) is 8. The maximum absolute atomic E-state index is 14.5. The summed E-state index contributed by atoms with van der Waals surface area (Å²) in [5.41, 5.74) is 4.08. The zero-order chi connectivity index (χ0) is 29.1. The van der Waals surface area contributed by atoms with Crippen LogP contribution in [0.15, 0.2) is 96.3 Å². The van der Waals surface area contributed by atoms with Crippen LogP contribution in [0.2, 0.25) is 0 Å². The van der Waals surface area contributed by atoms with Gasteiger partial charge in [-0.05, 0) is 60.7 Å². The van der Waals surface area contributed by atoms with Gasteiger partial charge < -0.3 is 10.1 Å². The SMILES string of the molecule is CCOc1ncc(-c2cccc3cc(C(CC)Nc4ncnc5ccc(C#N)cc45)n(-c4ccccc4)c(=O)c23)cn1. The highest BCUT2D eigenvalue weighted by Gasteiger charge is 2.21. The van der Waals surface area contributed by atoms with E-state index in [2.05, 4.69) is 38.2 Å². The quantitative estimate of drug-likeness (QED) is 0.236. The Labute approximate surface area is 242 Å². The topological polar surface area (TPSA) is 119 Å². The largest absolute Gasteiger partial charge is 0.464 e. The number of ether oxygens (including phenoxy) is 1. The molecule has 206 valence electrons. The summed E-state index contributed by atoms with van der Waals surface area (Å²) in [6.45, 7) is 4.40. The van der Waals surface area contributed by atoms with Gasteiger partial charge in [-0.1, -0.05) is 43.3 Å². The average Bonchev–Trinajstić information content (AvgIpc) is 3.04. The van der Waals surface area contributed by atoms with Crippen molar-refractivity contribution >= 4 is 27.5 Å². The Bertz CT molecular complexity index is 2000. The van der Waals surface area contributed by atoms with Crippen molar-refractivity contribution in [3.63, 3.8) is 0 Å². The molecule has 42 heavy (non-hydrogen) atoms. The van der Waals surface area contributed by atoms with E-state index in [0.29, 0.717) is 35.8 Å². The molecule has 0 bridgehead atoms. The van der Waals surface area contributed by atoms with Gasteiger partial charge in [-0.2, -0.15) is 5.26 Å². The number of fused-ring (bicyclic) bond motifs is 2. The Morgan fingerprint density at radius 1 is 0.952 bits per heavy atom. The van der Waals surface area contributed by atoms with Gasteiger partial charge >= 0.3 is 6.01 Å². The minimum Gasteiger partial charge on any atom is -0.464 e. The van der Waals surface area contributed by atoms with E-state index in [0.717, 1.165) is 38.8 Å². The van der Waals surface area contributed by atoms with Crippen molar-refractivity contribution < 1.29 is 4.74 Å². The van der Waals surface area contributed by atoms with Crippen LogP contribution >= 0.6 is 0 Å². The van der Waals surface area contributed by atoms with Gasteiger partial charge in [-0.25, -0.2) is 19.9 Å². The number of anilines is 1. The van der Waals surface area contributed by atoms with E-state index in [1.54, 1.807) is 29.1 Å². The predicted octanol–water partition coefficient (Wildman–Crippen LogP) is 6.22. The molecular weight excluding hydrogens is 526 g/mol. The first-order chi connectivity index (χ1) is 20.6. The molecule has 9 heteroatoms. The zero-order valence-electron chi connectivity index (χ0n) is 23.2. The number of para-hydroxylation sites is 1. The fraction of sp³-hybridized carbons (Fsp3) is 0.152. The van der Waals surface area contributed by atoms with Crippen LogP contribution < -0.4 is 15.6 Å². The summed E-state index contributed by atoms with van der Waals surface area (Å²) in [4.78, 5) is 32.0. The van der Waals surface area contributed by atoms with E-state index in [9.17, 15) is 10.1 Å². The second kappa shape index (κ2) is 11.5. The molecule has 0 saturated carbocycles. The minimum atomic E-state index is -0.288.